The van der Waals surface area contributed by atoms with Crippen LogP contribution in [0.2, 0.25) is 0 Å². The third kappa shape index (κ3) is 2.50. The highest BCUT2D eigenvalue weighted by Crippen LogP contribution is 2.38. The van der Waals surface area contributed by atoms with E-state index in [0.29, 0.717) is 25.0 Å². The summed E-state index contributed by atoms with van der Waals surface area (Å²) >= 11 is 0. The van der Waals surface area contributed by atoms with Gasteiger partial charge in [0.2, 0.25) is 5.82 Å². The number of furan rings is 1. The van der Waals surface area contributed by atoms with Gasteiger partial charge < -0.3 is 24.1 Å². The minimum absolute atomic E-state index is 0.00869. The summed E-state index contributed by atoms with van der Waals surface area (Å²) < 4.78 is 30.1. The number of fused-ring (bicyclic) bond motifs is 1. The van der Waals surface area contributed by atoms with Gasteiger partial charge in [0.25, 0.3) is 0 Å². The number of hydrogen-bond donors (Lipinski definition) is 2. The van der Waals surface area contributed by atoms with Crippen molar-refractivity contribution in [3.63, 3.8) is 0 Å². The first-order valence-electron chi connectivity index (χ1n) is 6.87. The lowest BCUT2D eigenvalue weighted by Crippen LogP contribution is -2.04. The minimum Gasteiger partial charge on any atom is -0.504 e. The Labute approximate surface area is 120 Å². The molecule has 5 nitrogen and oxygen atoms in total. The first-order valence-corrected chi connectivity index (χ1v) is 6.87. The van der Waals surface area contributed by atoms with E-state index in [1.807, 2.05) is 6.92 Å². The van der Waals surface area contributed by atoms with E-state index in [-0.39, 0.29) is 23.7 Å². The van der Waals surface area contributed by atoms with Gasteiger partial charge in [-0.3, -0.25) is 0 Å². The molecule has 0 amide bonds. The molecule has 3 rings (SSSR count). The number of aromatic hydroxyl groups is 1. The molecule has 2 heterocycles. The Kier molecular flexibility index (Phi) is 3.84. The fourth-order valence-corrected chi connectivity index (χ4v) is 2.50. The first-order chi connectivity index (χ1) is 10.1. The monoisotopic (exact) mass is 296 g/mol. The number of aliphatic hydroxyl groups is 1. The van der Waals surface area contributed by atoms with Crippen molar-refractivity contribution in [3.05, 3.63) is 29.3 Å². The number of benzene rings is 1. The summed E-state index contributed by atoms with van der Waals surface area (Å²) in [4.78, 5) is 0. The van der Waals surface area contributed by atoms with Crippen LogP contribution in [-0.4, -0.2) is 30.0 Å². The molecule has 0 radical (unpaired) electrons. The van der Waals surface area contributed by atoms with Crippen LogP contribution >= 0.6 is 0 Å². The number of aliphatic hydroxyl groups excluding tert-OH is 1. The van der Waals surface area contributed by atoms with Crippen LogP contribution in [0.4, 0.5) is 4.39 Å². The van der Waals surface area contributed by atoms with Crippen LogP contribution in [0.15, 0.2) is 16.7 Å². The van der Waals surface area contributed by atoms with Crippen molar-refractivity contribution in [1.29, 1.82) is 0 Å². The van der Waals surface area contributed by atoms with Crippen LogP contribution in [0, 0.1) is 11.7 Å². The first kappa shape index (κ1) is 14.3. The van der Waals surface area contributed by atoms with Crippen molar-refractivity contribution in [1.82, 2.24) is 0 Å². The van der Waals surface area contributed by atoms with E-state index in [2.05, 4.69) is 0 Å². The molecule has 21 heavy (non-hydrogen) atoms. The molecule has 0 aliphatic carbocycles. The van der Waals surface area contributed by atoms with Gasteiger partial charge in [-0.15, -0.1) is 0 Å². The molecule has 1 aliphatic rings. The summed E-state index contributed by atoms with van der Waals surface area (Å²) in [5.74, 6) is -1.29. The Morgan fingerprint density at radius 1 is 1.38 bits per heavy atom. The molecule has 0 bridgehead atoms. The lowest BCUT2D eigenvalue weighted by molar-refractivity contribution is -0.0456. The highest BCUT2D eigenvalue weighted by molar-refractivity contribution is 5.84. The van der Waals surface area contributed by atoms with Gasteiger partial charge in [0.1, 0.15) is 0 Å². The minimum atomic E-state index is -0.815. The second-order valence-corrected chi connectivity index (χ2v) is 5.33. The number of halogens is 1. The van der Waals surface area contributed by atoms with Crippen molar-refractivity contribution >= 4 is 11.0 Å². The Bertz CT molecular complexity index is 645. The van der Waals surface area contributed by atoms with Crippen LogP contribution in [0.25, 0.3) is 11.0 Å². The van der Waals surface area contributed by atoms with Crippen LogP contribution < -0.4 is 0 Å². The topological polar surface area (TPSA) is 72.1 Å². The SMILES string of the molecule is C[C@H](CO)Cc1coc2c(F)c(O)c(C3OCCO3)cc12. The van der Waals surface area contributed by atoms with Gasteiger partial charge in [-0.25, -0.2) is 0 Å². The summed E-state index contributed by atoms with van der Waals surface area (Å²) in [5, 5.41) is 19.7. The lowest BCUT2D eigenvalue weighted by Gasteiger charge is -2.12. The quantitative estimate of drug-likeness (QED) is 0.907. The molecule has 0 saturated carbocycles. The number of ether oxygens (including phenoxy) is 2. The Morgan fingerprint density at radius 3 is 2.76 bits per heavy atom. The van der Waals surface area contributed by atoms with Gasteiger partial charge >= 0.3 is 0 Å². The fourth-order valence-electron chi connectivity index (χ4n) is 2.50. The van der Waals surface area contributed by atoms with Gasteiger partial charge in [0, 0.05) is 12.0 Å². The van der Waals surface area contributed by atoms with Gasteiger partial charge in [-0.2, -0.15) is 4.39 Å². The van der Waals surface area contributed by atoms with Crippen LogP contribution in [0.3, 0.4) is 0 Å². The van der Waals surface area contributed by atoms with Gasteiger partial charge in [0.15, 0.2) is 17.6 Å². The summed E-state index contributed by atoms with van der Waals surface area (Å²) in [6.45, 7) is 2.74. The van der Waals surface area contributed by atoms with Crippen molar-refractivity contribution in [2.75, 3.05) is 19.8 Å². The third-order valence-corrected chi connectivity index (χ3v) is 3.65. The molecular weight excluding hydrogens is 279 g/mol. The molecular formula is C15H17FO5. The lowest BCUT2D eigenvalue weighted by atomic mass is 9.99. The Morgan fingerprint density at radius 2 is 2.10 bits per heavy atom. The third-order valence-electron chi connectivity index (χ3n) is 3.65. The number of hydrogen-bond acceptors (Lipinski definition) is 5. The molecule has 2 aromatic rings. The maximum absolute atomic E-state index is 14.2. The highest BCUT2D eigenvalue weighted by Gasteiger charge is 2.27. The van der Waals surface area contributed by atoms with Crippen LogP contribution in [0.1, 0.15) is 24.3 Å². The van der Waals surface area contributed by atoms with E-state index in [1.165, 1.54) is 6.26 Å². The largest absolute Gasteiger partial charge is 0.504 e. The molecule has 0 unspecified atom stereocenters. The van der Waals surface area contributed by atoms with Gasteiger partial charge in [0.05, 0.1) is 25.0 Å². The summed E-state index contributed by atoms with van der Waals surface area (Å²) in [5.41, 5.74) is 1.05. The molecule has 1 fully saturated rings. The molecule has 1 atom stereocenters. The summed E-state index contributed by atoms with van der Waals surface area (Å²) in [7, 11) is 0. The zero-order valence-corrected chi connectivity index (χ0v) is 11.6. The molecule has 0 spiro atoms. The average Bonchev–Trinajstić information content (AvgIpc) is 3.12. The molecule has 1 aromatic heterocycles. The second kappa shape index (κ2) is 5.63. The van der Waals surface area contributed by atoms with Crippen molar-refractivity contribution in [2.45, 2.75) is 19.6 Å². The Hall–Kier alpha value is -1.63. The summed E-state index contributed by atoms with van der Waals surface area (Å²) in [6, 6.07) is 1.63. The molecule has 114 valence electrons. The van der Waals surface area contributed by atoms with Gasteiger partial charge in [-0.05, 0) is 24.0 Å². The molecule has 1 aliphatic heterocycles. The van der Waals surface area contributed by atoms with E-state index in [9.17, 15) is 9.50 Å². The number of phenolic OH excluding ortho intramolecular Hbond substituents is 1. The van der Waals surface area contributed by atoms with E-state index in [1.54, 1.807) is 6.07 Å². The molecule has 2 N–H and O–H groups in total. The van der Waals surface area contributed by atoms with Crippen molar-refractivity contribution < 1.29 is 28.5 Å². The van der Waals surface area contributed by atoms with E-state index in [0.717, 1.165) is 5.56 Å². The molecule has 6 heteroatoms. The van der Waals surface area contributed by atoms with Crippen LogP contribution in [0.5, 0.6) is 5.75 Å². The van der Waals surface area contributed by atoms with E-state index >= 15 is 0 Å². The van der Waals surface area contributed by atoms with Crippen molar-refractivity contribution in [3.8, 4) is 5.75 Å². The summed E-state index contributed by atoms with van der Waals surface area (Å²) in [6.07, 6.45) is 1.25. The highest BCUT2D eigenvalue weighted by atomic mass is 19.1. The molecule has 1 saturated heterocycles. The predicted octanol–water partition coefficient (Wildman–Crippen LogP) is 2.49. The maximum Gasteiger partial charge on any atom is 0.208 e. The average molecular weight is 296 g/mol. The maximum atomic E-state index is 14.2. The van der Waals surface area contributed by atoms with E-state index < -0.39 is 17.9 Å². The zero-order valence-electron chi connectivity index (χ0n) is 11.6. The van der Waals surface area contributed by atoms with Crippen LogP contribution in [-0.2, 0) is 15.9 Å². The zero-order chi connectivity index (χ0) is 15.0. The normalized spacial score (nSPS) is 17.7. The Balaban J connectivity index is 2.08. The fraction of sp³-hybridized carbons (Fsp3) is 0.467. The van der Waals surface area contributed by atoms with Crippen molar-refractivity contribution in [2.24, 2.45) is 5.92 Å². The molecule has 1 aromatic carbocycles. The second-order valence-electron chi connectivity index (χ2n) is 5.33. The van der Waals surface area contributed by atoms with E-state index in [4.69, 9.17) is 19.0 Å². The smallest absolute Gasteiger partial charge is 0.208 e. The number of rotatable bonds is 4. The van der Waals surface area contributed by atoms with Gasteiger partial charge in [-0.1, -0.05) is 6.92 Å². The predicted molar refractivity (Wildman–Crippen MR) is 72.4 cm³/mol. The standard InChI is InChI=1S/C15H17FO5/c1-8(6-17)4-9-7-21-14-10(9)5-11(13(18)12(14)16)15-19-2-3-20-15/h5,7-8,15,17-18H,2-4,6H2,1H3/t8-/m0/s1. The number of phenols is 1.